The van der Waals surface area contributed by atoms with E-state index in [1.165, 1.54) is 0 Å². The minimum atomic E-state index is -0.436. The monoisotopic (exact) mass is 347 g/mol. The fraction of sp³-hybridized carbons (Fsp3) is 0.875. The first-order valence-electron chi connectivity index (χ1n) is 8.22. The van der Waals surface area contributed by atoms with E-state index in [4.69, 9.17) is 10.5 Å². The van der Waals surface area contributed by atoms with Gasteiger partial charge in [0.05, 0.1) is 6.04 Å². The molecule has 1 atom stereocenters. The van der Waals surface area contributed by atoms with E-state index in [-0.39, 0.29) is 35.6 Å². The van der Waals surface area contributed by atoms with Gasteiger partial charge in [-0.25, -0.2) is 0 Å². The molecule has 6 nitrogen and oxygen atoms in total. The van der Waals surface area contributed by atoms with Gasteiger partial charge in [0.25, 0.3) is 0 Å². The van der Waals surface area contributed by atoms with Gasteiger partial charge in [0, 0.05) is 44.8 Å². The molecule has 2 aliphatic heterocycles. The Morgan fingerprint density at radius 1 is 1.04 bits per heavy atom. The summed E-state index contributed by atoms with van der Waals surface area (Å²) < 4.78 is 5.32. The van der Waals surface area contributed by atoms with E-state index in [1.807, 2.05) is 30.6 Å². The second-order valence-electron chi connectivity index (χ2n) is 7.34. The van der Waals surface area contributed by atoms with Crippen molar-refractivity contribution in [3.8, 4) is 0 Å². The molecule has 2 rings (SSSR count). The molecule has 0 aromatic carbocycles. The highest BCUT2D eigenvalue weighted by molar-refractivity contribution is 5.85. The van der Waals surface area contributed by atoms with Crippen molar-refractivity contribution in [3.05, 3.63) is 0 Å². The molecule has 0 spiro atoms. The SMILES string of the molecule is CC(C)(C)C(=O)N1CCN(C(=O)C(N)C2CCOCC2)CC1.Cl. The largest absolute Gasteiger partial charge is 0.381 e. The molecule has 2 amide bonds. The number of hydrogen-bond donors (Lipinski definition) is 1. The zero-order chi connectivity index (χ0) is 16.3. The van der Waals surface area contributed by atoms with Crippen LogP contribution in [0.15, 0.2) is 0 Å². The number of halogens is 1. The summed E-state index contributed by atoms with van der Waals surface area (Å²) >= 11 is 0. The smallest absolute Gasteiger partial charge is 0.239 e. The fourth-order valence-corrected chi connectivity index (χ4v) is 3.09. The van der Waals surface area contributed by atoms with Crippen LogP contribution in [-0.2, 0) is 14.3 Å². The van der Waals surface area contributed by atoms with E-state index < -0.39 is 6.04 Å². The van der Waals surface area contributed by atoms with E-state index in [0.717, 1.165) is 12.8 Å². The Kier molecular flexibility index (Phi) is 7.29. The van der Waals surface area contributed by atoms with Gasteiger partial charge >= 0.3 is 0 Å². The Morgan fingerprint density at radius 2 is 1.52 bits per heavy atom. The van der Waals surface area contributed by atoms with Crippen LogP contribution in [0.4, 0.5) is 0 Å². The topological polar surface area (TPSA) is 75.9 Å². The van der Waals surface area contributed by atoms with E-state index in [9.17, 15) is 9.59 Å². The first kappa shape index (κ1) is 20.2. The van der Waals surface area contributed by atoms with Gasteiger partial charge in [-0.15, -0.1) is 12.4 Å². The number of carbonyl (C=O) groups is 2. The highest BCUT2D eigenvalue weighted by atomic mass is 35.5. The van der Waals surface area contributed by atoms with Gasteiger partial charge in [-0.05, 0) is 18.8 Å². The molecule has 0 aromatic heterocycles. The average Bonchev–Trinajstić information content (AvgIpc) is 2.53. The number of hydrogen-bond acceptors (Lipinski definition) is 4. The number of amides is 2. The molecule has 0 aromatic rings. The van der Waals surface area contributed by atoms with Gasteiger partial charge in [-0.3, -0.25) is 9.59 Å². The van der Waals surface area contributed by atoms with Crippen LogP contribution < -0.4 is 5.73 Å². The molecule has 2 aliphatic rings. The molecule has 0 bridgehead atoms. The Hall–Kier alpha value is -0.850. The molecule has 0 aliphatic carbocycles. The van der Waals surface area contributed by atoms with Crippen LogP contribution >= 0.6 is 12.4 Å². The molecule has 7 heteroatoms. The summed E-state index contributed by atoms with van der Waals surface area (Å²) in [6, 6.07) is -0.436. The minimum absolute atomic E-state index is 0. The quantitative estimate of drug-likeness (QED) is 0.804. The molecule has 0 radical (unpaired) electrons. The van der Waals surface area contributed by atoms with Crippen LogP contribution in [0.1, 0.15) is 33.6 Å². The Labute approximate surface area is 145 Å². The van der Waals surface area contributed by atoms with E-state index in [1.54, 1.807) is 0 Å². The van der Waals surface area contributed by atoms with Crippen LogP contribution in [0.2, 0.25) is 0 Å². The summed E-state index contributed by atoms with van der Waals surface area (Å²) in [6.45, 7) is 9.52. The third-order valence-corrected chi connectivity index (χ3v) is 4.58. The molecule has 1 unspecified atom stereocenters. The molecule has 2 heterocycles. The molecule has 2 saturated heterocycles. The summed E-state index contributed by atoms with van der Waals surface area (Å²) in [5, 5.41) is 0. The maximum absolute atomic E-state index is 12.5. The predicted molar refractivity (Wildman–Crippen MR) is 91.4 cm³/mol. The van der Waals surface area contributed by atoms with Crippen LogP contribution in [0, 0.1) is 11.3 Å². The third-order valence-electron chi connectivity index (χ3n) is 4.58. The minimum Gasteiger partial charge on any atom is -0.381 e. The maximum atomic E-state index is 12.5. The summed E-state index contributed by atoms with van der Waals surface area (Å²) in [4.78, 5) is 28.5. The van der Waals surface area contributed by atoms with Gasteiger partial charge in [0.1, 0.15) is 0 Å². The Bertz CT molecular complexity index is 411. The van der Waals surface area contributed by atoms with Crippen molar-refractivity contribution in [2.24, 2.45) is 17.1 Å². The molecule has 2 fully saturated rings. The molecule has 2 N–H and O–H groups in total. The summed E-state index contributed by atoms with van der Waals surface area (Å²) in [5.41, 5.74) is 5.79. The van der Waals surface area contributed by atoms with Crippen molar-refractivity contribution >= 4 is 24.2 Å². The van der Waals surface area contributed by atoms with Crippen LogP contribution in [0.5, 0.6) is 0 Å². The first-order valence-corrected chi connectivity index (χ1v) is 8.22. The highest BCUT2D eigenvalue weighted by Gasteiger charge is 2.34. The standard InChI is InChI=1S/C16H29N3O3.ClH/c1-16(2,3)15(21)19-8-6-18(7-9-19)14(20)13(17)12-4-10-22-11-5-12;/h12-13H,4-11,17H2,1-3H3;1H. The number of ether oxygens (including phenoxy) is 1. The lowest BCUT2D eigenvalue weighted by Gasteiger charge is -2.39. The van der Waals surface area contributed by atoms with Crippen molar-refractivity contribution in [2.75, 3.05) is 39.4 Å². The molecule has 0 saturated carbocycles. The van der Waals surface area contributed by atoms with Crippen LogP contribution in [-0.4, -0.2) is 67.0 Å². The summed E-state index contributed by atoms with van der Waals surface area (Å²) in [5.74, 6) is 0.388. The van der Waals surface area contributed by atoms with E-state index >= 15 is 0 Å². The lowest BCUT2D eigenvalue weighted by molar-refractivity contribution is -0.146. The van der Waals surface area contributed by atoms with Crippen LogP contribution in [0.25, 0.3) is 0 Å². The zero-order valence-electron chi connectivity index (χ0n) is 14.4. The normalized spacial score (nSPS) is 21.6. The van der Waals surface area contributed by atoms with Gasteiger partial charge in [0.2, 0.25) is 11.8 Å². The first-order chi connectivity index (χ1) is 10.3. The lowest BCUT2D eigenvalue weighted by Crippen LogP contribution is -2.57. The summed E-state index contributed by atoms with van der Waals surface area (Å²) in [7, 11) is 0. The second-order valence-corrected chi connectivity index (χ2v) is 7.34. The molecular formula is C16H30ClN3O3. The molecule has 23 heavy (non-hydrogen) atoms. The van der Waals surface area contributed by atoms with E-state index in [2.05, 4.69) is 0 Å². The number of nitrogens with two attached hydrogens (primary N) is 1. The number of rotatable bonds is 2. The number of nitrogens with zero attached hydrogens (tertiary/aromatic N) is 2. The number of carbonyl (C=O) groups excluding carboxylic acids is 2. The van der Waals surface area contributed by atoms with Crippen molar-refractivity contribution in [1.82, 2.24) is 9.80 Å². The Balaban J connectivity index is 0.00000264. The fourth-order valence-electron chi connectivity index (χ4n) is 3.09. The predicted octanol–water partition coefficient (Wildman–Crippen LogP) is 0.879. The van der Waals surface area contributed by atoms with Crippen molar-refractivity contribution in [2.45, 2.75) is 39.7 Å². The number of piperazine rings is 1. The van der Waals surface area contributed by atoms with Crippen molar-refractivity contribution in [1.29, 1.82) is 0 Å². The highest BCUT2D eigenvalue weighted by Crippen LogP contribution is 2.21. The second kappa shape index (κ2) is 8.31. The molecular weight excluding hydrogens is 318 g/mol. The van der Waals surface area contributed by atoms with Gasteiger partial charge in [-0.2, -0.15) is 0 Å². The lowest BCUT2D eigenvalue weighted by atomic mass is 9.91. The zero-order valence-corrected chi connectivity index (χ0v) is 15.2. The molecule has 134 valence electrons. The van der Waals surface area contributed by atoms with Gasteiger partial charge in [0.15, 0.2) is 0 Å². The van der Waals surface area contributed by atoms with Crippen molar-refractivity contribution in [3.63, 3.8) is 0 Å². The maximum Gasteiger partial charge on any atom is 0.239 e. The van der Waals surface area contributed by atoms with Gasteiger partial charge < -0.3 is 20.3 Å². The van der Waals surface area contributed by atoms with Crippen molar-refractivity contribution < 1.29 is 14.3 Å². The van der Waals surface area contributed by atoms with Gasteiger partial charge in [-0.1, -0.05) is 20.8 Å². The average molecular weight is 348 g/mol. The third kappa shape index (κ3) is 5.06. The Morgan fingerprint density at radius 3 is 2.00 bits per heavy atom. The van der Waals surface area contributed by atoms with E-state index in [0.29, 0.717) is 39.4 Å². The summed E-state index contributed by atoms with van der Waals surface area (Å²) in [6.07, 6.45) is 1.71. The van der Waals surface area contributed by atoms with Crippen LogP contribution in [0.3, 0.4) is 0 Å².